The minimum absolute atomic E-state index is 0.00799. The predicted octanol–water partition coefficient (Wildman–Crippen LogP) is 2.66. The molecule has 1 N–H and O–H groups in total. The van der Waals surface area contributed by atoms with Crippen LogP contribution in [0.2, 0.25) is 0 Å². The molecule has 1 amide bonds. The molecule has 2 rings (SSSR count). The maximum absolute atomic E-state index is 11.1. The van der Waals surface area contributed by atoms with Crippen LogP contribution in [-0.4, -0.2) is 19.2 Å². The van der Waals surface area contributed by atoms with Crippen LogP contribution < -0.4 is 5.32 Å². The van der Waals surface area contributed by atoms with Gasteiger partial charge in [-0.2, -0.15) is 0 Å². The van der Waals surface area contributed by atoms with E-state index in [0.717, 1.165) is 23.7 Å². The van der Waals surface area contributed by atoms with Crippen LogP contribution in [0.3, 0.4) is 0 Å². The minimum atomic E-state index is -0.342. The summed E-state index contributed by atoms with van der Waals surface area (Å²) in [4.78, 5) is 11.1. The number of amides is 1. The van der Waals surface area contributed by atoms with Gasteiger partial charge in [0.1, 0.15) is 6.10 Å². The minimum Gasteiger partial charge on any atom is -0.446 e. The molecule has 1 aliphatic carbocycles. The summed E-state index contributed by atoms with van der Waals surface area (Å²) in [5.74, 6) is 0. The van der Waals surface area contributed by atoms with Gasteiger partial charge in [0, 0.05) is 17.9 Å². The number of ether oxygens (including phenoxy) is 1. The molecule has 0 saturated heterocycles. The number of carbonyl (C=O) groups excluding carboxylic acids is 1. The average Bonchev–Trinajstić information content (AvgIpc) is 2.29. The number of alkyl carbamates (subject to hydrolysis) is 1. The van der Waals surface area contributed by atoms with Gasteiger partial charge in [0.2, 0.25) is 0 Å². The smallest absolute Gasteiger partial charge is 0.407 e. The van der Waals surface area contributed by atoms with Gasteiger partial charge in [-0.1, -0.05) is 22.0 Å². The van der Waals surface area contributed by atoms with Crippen molar-refractivity contribution >= 4 is 22.0 Å². The van der Waals surface area contributed by atoms with Gasteiger partial charge in [-0.15, -0.1) is 0 Å². The molecule has 3 nitrogen and oxygen atoms in total. The highest BCUT2D eigenvalue weighted by Gasteiger charge is 2.21. The van der Waals surface area contributed by atoms with Crippen molar-refractivity contribution in [3.63, 3.8) is 0 Å². The number of nitrogens with one attached hydrogen (secondary N) is 1. The summed E-state index contributed by atoms with van der Waals surface area (Å²) in [6.07, 6.45) is 2.35. The highest BCUT2D eigenvalue weighted by molar-refractivity contribution is 9.10. The highest BCUT2D eigenvalue weighted by atomic mass is 79.9. The number of hydrogen-bond donors (Lipinski definition) is 1. The topological polar surface area (TPSA) is 38.3 Å². The Morgan fingerprint density at radius 1 is 1.50 bits per heavy atom. The molecule has 86 valence electrons. The third kappa shape index (κ3) is 2.55. The number of carbonyl (C=O) groups is 1. The van der Waals surface area contributed by atoms with Crippen LogP contribution in [0.15, 0.2) is 22.7 Å². The van der Waals surface area contributed by atoms with Gasteiger partial charge < -0.3 is 10.1 Å². The molecule has 1 aromatic carbocycles. The maximum atomic E-state index is 11.1. The second-order valence-electron chi connectivity index (χ2n) is 3.93. The first-order chi connectivity index (χ1) is 7.69. The Kier molecular flexibility index (Phi) is 3.49. The second kappa shape index (κ2) is 4.87. The Hall–Kier alpha value is -1.03. The summed E-state index contributed by atoms with van der Waals surface area (Å²) in [6, 6.07) is 6.27. The Morgan fingerprint density at radius 2 is 2.31 bits per heavy atom. The number of aryl methyl sites for hydroxylation is 1. The molecule has 0 radical (unpaired) electrons. The maximum Gasteiger partial charge on any atom is 0.407 e. The van der Waals surface area contributed by atoms with Crippen LogP contribution in [0.1, 0.15) is 17.5 Å². The molecule has 1 aliphatic rings. The van der Waals surface area contributed by atoms with E-state index in [0.29, 0.717) is 0 Å². The number of rotatable bonds is 1. The van der Waals surface area contributed by atoms with E-state index in [9.17, 15) is 4.79 Å². The predicted molar refractivity (Wildman–Crippen MR) is 65.5 cm³/mol. The van der Waals surface area contributed by atoms with Crippen LogP contribution in [0.4, 0.5) is 4.79 Å². The van der Waals surface area contributed by atoms with E-state index in [2.05, 4.69) is 33.4 Å². The fourth-order valence-electron chi connectivity index (χ4n) is 2.00. The van der Waals surface area contributed by atoms with E-state index in [1.54, 1.807) is 7.05 Å². The van der Waals surface area contributed by atoms with Crippen LogP contribution in [0.25, 0.3) is 0 Å². The van der Waals surface area contributed by atoms with Crippen LogP contribution >= 0.6 is 15.9 Å². The number of benzene rings is 1. The molecule has 0 aromatic heterocycles. The second-order valence-corrected chi connectivity index (χ2v) is 4.85. The van der Waals surface area contributed by atoms with Crippen LogP contribution in [0, 0.1) is 0 Å². The number of hydrogen-bond acceptors (Lipinski definition) is 2. The summed E-state index contributed by atoms with van der Waals surface area (Å²) in [7, 11) is 1.58. The molecule has 0 bridgehead atoms. The lowest BCUT2D eigenvalue weighted by Crippen LogP contribution is -2.30. The Bertz CT molecular complexity index is 406. The van der Waals surface area contributed by atoms with Crippen molar-refractivity contribution in [2.24, 2.45) is 0 Å². The quantitative estimate of drug-likeness (QED) is 0.861. The first-order valence-electron chi connectivity index (χ1n) is 5.34. The van der Waals surface area contributed by atoms with Gasteiger partial charge >= 0.3 is 6.09 Å². The Balaban J connectivity index is 2.06. The SMILES string of the molecule is CNC(=O)OC1CCc2cc(Br)ccc2C1. The third-order valence-electron chi connectivity index (χ3n) is 2.83. The summed E-state index contributed by atoms with van der Waals surface area (Å²) >= 11 is 3.46. The first kappa shape index (κ1) is 11.5. The van der Waals surface area contributed by atoms with Crippen molar-refractivity contribution < 1.29 is 9.53 Å². The molecule has 0 aliphatic heterocycles. The molecule has 0 spiro atoms. The first-order valence-corrected chi connectivity index (χ1v) is 6.14. The van der Waals surface area contributed by atoms with Gasteiger partial charge in [0.15, 0.2) is 0 Å². The lowest BCUT2D eigenvalue weighted by Gasteiger charge is -2.24. The van der Waals surface area contributed by atoms with Gasteiger partial charge in [-0.25, -0.2) is 4.79 Å². The molecular weight excluding hydrogens is 270 g/mol. The average molecular weight is 284 g/mol. The van der Waals surface area contributed by atoms with Gasteiger partial charge in [-0.05, 0) is 36.1 Å². The lowest BCUT2D eigenvalue weighted by molar-refractivity contribution is 0.0913. The van der Waals surface area contributed by atoms with Gasteiger partial charge in [-0.3, -0.25) is 0 Å². The fourth-order valence-corrected chi connectivity index (χ4v) is 2.41. The normalized spacial score (nSPS) is 18.8. The summed E-state index contributed by atoms with van der Waals surface area (Å²) in [5, 5.41) is 2.48. The molecule has 1 aromatic rings. The summed E-state index contributed by atoms with van der Waals surface area (Å²) in [5.41, 5.74) is 2.63. The summed E-state index contributed by atoms with van der Waals surface area (Å²) in [6.45, 7) is 0. The highest BCUT2D eigenvalue weighted by Crippen LogP contribution is 2.26. The molecule has 16 heavy (non-hydrogen) atoms. The van der Waals surface area contributed by atoms with Crippen molar-refractivity contribution in [2.45, 2.75) is 25.4 Å². The fraction of sp³-hybridized carbons (Fsp3) is 0.417. The lowest BCUT2D eigenvalue weighted by atomic mass is 9.90. The number of halogens is 1. The Labute approximate surface area is 103 Å². The zero-order valence-electron chi connectivity index (χ0n) is 9.13. The molecule has 1 unspecified atom stereocenters. The molecule has 0 fully saturated rings. The molecule has 4 heteroatoms. The van der Waals surface area contributed by atoms with Crippen molar-refractivity contribution in [1.29, 1.82) is 0 Å². The van der Waals surface area contributed by atoms with Crippen molar-refractivity contribution in [3.05, 3.63) is 33.8 Å². The molecule has 0 heterocycles. The van der Waals surface area contributed by atoms with E-state index in [-0.39, 0.29) is 12.2 Å². The van der Waals surface area contributed by atoms with E-state index in [4.69, 9.17) is 4.74 Å². The molecule has 0 saturated carbocycles. The molecule has 1 atom stereocenters. The van der Waals surface area contributed by atoms with Gasteiger partial charge in [0.25, 0.3) is 0 Å². The monoisotopic (exact) mass is 283 g/mol. The van der Waals surface area contributed by atoms with Crippen molar-refractivity contribution in [3.8, 4) is 0 Å². The molecular formula is C12H14BrNO2. The van der Waals surface area contributed by atoms with E-state index >= 15 is 0 Å². The van der Waals surface area contributed by atoms with Crippen LogP contribution in [-0.2, 0) is 17.6 Å². The van der Waals surface area contributed by atoms with Crippen LogP contribution in [0.5, 0.6) is 0 Å². The van der Waals surface area contributed by atoms with E-state index in [1.165, 1.54) is 11.1 Å². The standard InChI is InChI=1S/C12H14BrNO2/c1-14-12(15)16-11-5-3-8-6-10(13)4-2-9(8)7-11/h2,4,6,11H,3,5,7H2,1H3,(H,14,15). The number of fused-ring (bicyclic) bond motifs is 1. The van der Waals surface area contributed by atoms with Crippen molar-refractivity contribution in [2.75, 3.05) is 7.05 Å². The Morgan fingerprint density at radius 3 is 3.06 bits per heavy atom. The summed E-state index contributed by atoms with van der Waals surface area (Å²) < 4.78 is 6.37. The van der Waals surface area contributed by atoms with Gasteiger partial charge in [0.05, 0.1) is 0 Å². The largest absolute Gasteiger partial charge is 0.446 e. The zero-order chi connectivity index (χ0) is 11.5. The third-order valence-corrected chi connectivity index (χ3v) is 3.32. The van der Waals surface area contributed by atoms with E-state index in [1.807, 2.05) is 6.07 Å². The zero-order valence-corrected chi connectivity index (χ0v) is 10.7. The van der Waals surface area contributed by atoms with E-state index < -0.39 is 0 Å². The van der Waals surface area contributed by atoms with Crippen molar-refractivity contribution in [1.82, 2.24) is 5.32 Å².